The van der Waals surface area contributed by atoms with E-state index in [4.69, 9.17) is 5.26 Å². The van der Waals surface area contributed by atoms with E-state index in [-0.39, 0.29) is 5.91 Å². The van der Waals surface area contributed by atoms with Crippen LogP contribution in [0.4, 0.5) is 0 Å². The maximum Gasteiger partial charge on any atom is 0.223 e. The minimum atomic E-state index is -0.746. The van der Waals surface area contributed by atoms with Gasteiger partial charge >= 0.3 is 0 Å². The van der Waals surface area contributed by atoms with Gasteiger partial charge in [-0.15, -0.1) is 0 Å². The summed E-state index contributed by atoms with van der Waals surface area (Å²) < 4.78 is 0. The third-order valence-electron chi connectivity index (χ3n) is 2.35. The lowest BCUT2D eigenvalue weighted by molar-refractivity contribution is -0.130. The maximum absolute atomic E-state index is 11.6. The molecule has 0 fully saturated rings. The summed E-state index contributed by atoms with van der Waals surface area (Å²) >= 11 is 0. The van der Waals surface area contributed by atoms with Gasteiger partial charge in [0.1, 0.15) is 0 Å². The fourth-order valence-corrected chi connectivity index (χ4v) is 1.56. The molecule has 0 atom stereocenters. The van der Waals surface area contributed by atoms with Crippen molar-refractivity contribution < 1.29 is 9.90 Å². The molecule has 17 heavy (non-hydrogen) atoms. The fourth-order valence-electron chi connectivity index (χ4n) is 1.56. The molecule has 0 spiro atoms. The van der Waals surface area contributed by atoms with Crippen molar-refractivity contribution in [2.24, 2.45) is 0 Å². The van der Waals surface area contributed by atoms with E-state index in [2.05, 4.69) is 0 Å². The van der Waals surface area contributed by atoms with E-state index < -0.39 is 5.60 Å². The number of hydrogen-bond donors (Lipinski definition) is 1. The third-order valence-corrected chi connectivity index (χ3v) is 2.35. The van der Waals surface area contributed by atoms with Crippen LogP contribution in [-0.2, 0) is 4.79 Å². The molecular weight excluding hydrogens is 218 g/mol. The van der Waals surface area contributed by atoms with Crippen LogP contribution in [0.1, 0.15) is 26.7 Å². The lowest BCUT2D eigenvalue weighted by Crippen LogP contribution is -2.38. The standard InChI is InChI=1S/C12H23N3O2/c1-12(2,17)10-14(3)9-6-11(16)15(4)8-5-7-13/h17H,5-6,8-10H2,1-4H3. The molecule has 5 nitrogen and oxygen atoms in total. The third kappa shape index (κ3) is 8.66. The van der Waals surface area contributed by atoms with Crippen molar-refractivity contribution in [3.8, 4) is 6.07 Å². The van der Waals surface area contributed by atoms with Gasteiger partial charge < -0.3 is 14.9 Å². The molecule has 0 radical (unpaired) electrons. The number of carbonyl (C=O) groups is 1. The van der Waals surface area contributed by atoms with Gasteiger partial charge in [-0.3, -0.25) is 4.79 Å². The van der Waals surface area contributed by atoms with Crippen LogP contribution in [0, 0.1) is 11.3 Å². The lowest BCUT2D eigenvalue weighted by Gasteiger charge is -2.25. The second-order valence-corrected chi connectivity index (χ2v) is 5.02. The molecule has 0 rings (SSSR count). The maximum atomic E-state index is 11.6. The molecule has 1 N–H and O–H groups in total. The van der Waals surface area contributed by atoms with Crippen LogP contribution in [0.3, 0.4) is 0 Å². The Labute approximate surface area is 104 Å². The molecule has 0 unspecified atom stereocenters. The van der Waals surface area contributed by atoms with Gasteiger partial charge in [-0.05, 0) is 20.9 Å². The van der Waals surface area contributed by atoms with Gasteiger partial charge in [-0.2, -0.15) is 5.26 Å². The van der Waals surface area contributed by atoms with Gasteiger partial charge in [-0.25, -0.2) is 0 Å². The first kappa shape index (κ1) is 15.9. The Morgan fingerprint density at radius 3 is 2.41 bits per heavy atom. The SMILES string of the molecule is CN(CCC(=O)N(C)CCC#N)CC(C)(C)O. The van der Waals surface area contributed by atoms with Gasteiger partial charge in [-0.1, -0.05) is 0 Å². The quantitative estimate of drug-likeness (QED) is 0.703. The molecule has 0 aromatic heterocycles. The minimum Gasteiger partial charge on any atom is -0.389 e. The summed E-state index contributed by atoms with van der Waals surface area (Å²) in [5.41, 5.74) is -0.746. The number of hydrogen-bond acceptors (Lipinski definition) is 4. The van der Waals surface area contributed by atoms with Gasteiger partial charge in [0.05, 0.1) is 18.1 Å². The predicted octanol–water partition coefficient (Wildman–Crippen LogP) is 0.451. The molecule has 0 bridgehead atoms. The van der Waals surface area contributed by atoms with Crippen LogP contribution in [0.15, 0.2) is 0 Å². The molecule has 0 heterocycles. The number of nitriles is 1. The summed E-state index contributed by atoms with van der Waals surface area (Å²) in [6, 6.07) is 2.01. The molecule has 1 amide bonds. The smallest absolute Gasteiger partial charge is 0.223 e. The molecule has 0 aromatic carbocycles. The summed E-state index contributed by atoms with van der Waals surface area (Å²) in [7, 11) is 3.58. The molecule has 0 aliphatic heterocycles. The van der Waals surface area contributed by atoms with Crippen molar-refractivity contribution in [2.45, 2.75) is 32.3 Å². The van der Waals surface area contributed by atoms with Crippen LogP contribution < -0.4 is 0 Å². The van der Waals surface area contributed by atoms with Crippen LogP contribution in [-0.4, -0.2) is 60.1 Å². The Morgan fingerprint density at radius 2 is 1.94 bits per heavy atom. The average Bonchev–Trinajstić information content (AvgIpc) is 2.20. The van der Waals surface area contributed by atoms with E-state index in [1.54, 1.807) is 25.8 Å². The highest BCUT2D eigenvalue weighted by atomic mass is 16.3. The highest BCUT2D eigenvalue weighted by Gasteiger charge is 2.16. The summed E-state index contributed by atoms with van der Waals surface area (Å²) in [4.78, 5) is 15.1. The van der Waals surface area contributed by atoms with Crippen LogP contribution >= 0.6 is 0 Å². The van der Waals surface area contributed by atoms with Crippen LogP contribution in [0.25, 0.3) is 0 Å². The van der Waals surface area contributed by atoms with Crippen molar-refractivity contribution >= 4 is 5.91 Å². The molecule has 0 aliphatic carbocycles. The zero-order chi connectivity index (χ0) is 13.5. The first-order valence-electron chi connectivity index (χ1n) is 5.78. The minimum absolute atomic E-state index is 0.0304. The molecule has 98 valence electrons. The Balaban J connectivity index is 3.88. The Kier molecular flexibility index (Phi) is 6.78. The molecular formula is C12H23N3O2. The Hall–Kier alpha value is -1.12. The number of carbonyl (C=O) groups excluding carboxylic acids is 1. The van der Waals surface area contributed by atoms with Crippen LogP contribution in [0.2, 0.25) is 0 Å². The molecule has 5 heteroatoms. The van der Waals surface area contributed by atoms with E-state index in [1.807, 2.05) is 18.0 Å². The van der Waals surface area contributed by atoms with Crippen molar-refractivity contribution in [1.29, 1.82) is 5.26 Å². The summed E-state index contributed by atoms with van der Waals surface area (Å²) in [5, 5.41) is 18.0. The molecule has 0 aromatic rings. The van der Waals surface area contributed by atoms with Crippen molar-refractivity contribution in [1.82, 2.24) is 9.80 Å². The van der Waals surface area contributed by atoms with E-state index >= 15 is 0 Å². The monoisotopic (exact) mass is 241 g/mol. The number of rotatable bonds is 7. The van der Waals surface area contributed by atoms with Crippen molar-refractivity contribution in [2.75, 3.05) is 33.7 Å². The number of likely N-dealkylation sites (N-methyl/N-ethyl adjacent to an activating group) is 1. The zero-order valence-corrected chi connectivity index (χ0v) is 11.2. The Morgan fingerprint density at radius 1 is 1.35 bits per heavy atom. The molecule has 0 aliphatic rings. The van der Waals surface area contributed by atoms with Crippen LogP contribution in [0.5, 0.6) is 0 Å². The number of amides is 1. The predicted molar refractivity (Wildman–Crippen MR) is 66.3 cm³/mol. The van der Waals surface area contributed by atoms with Gasteiger partial charge in [0.25, 0.3) is 0 Å². The van der Waals surface area contributed by atoms with E-state index in [0.717, 1.165) is 0 Å². The zero-order valence-electron chi connectivity index (χ0n) is 11.2. The highest BCUT2D eigenvalue weighted by Crippen LogP contribution is 2.04. The largest absolute Gasteiger partial charge is 0.389 e. The van der Waals surface area contributed by atoms with E-state index in [0.29, 0.717) is 32.5 Å². The van der Waals surface area contributed by atoms with E-state index in [9.17, 15) is 9.90 Å². The molecule has 0 saturated heterocycles. The van der Waals surface area contributed by atoms with Gasteiger partial charge in [0.15, 0.2) is 0 Å². The second kappa shape index (κ2) is 7.25. The van der Waals surface area contributed by atoms with Gasteiger partial charge in [0, 0.05) is 33.1 Å². The Bertz CT molecular complexity index is 278. The first-order chi connectivity index (χ1) is 7.76. The normalized spacial score (nSPS) is 11.4. The van der Waals surface area contributed by atoms with Crippen molar-refractivity contribution in [3.05, 3.63) is 0 Å². The average molecular weight is 241 g/mol. The summed E-state index contributed by atoms with van der Waals surface area (Å²) in [6.07, 6.45) is 0.774. The molecule has 0 saturated carbocycles. The van der Waals surface area contributed by atoms with E-state index in [1.165, 1.54) is 0 Å². The number of nitrogens with zero attached hydrogens (tertiary/aromatic N) is 3. The highest BCUT2D eigenvalue weighted by molar-refractivity contribution is 5.76. The van der Waals surface area contributed by atoms with Gasteiger partial charge in [0.2, 0.25) is 5.91 Å². The summed E-state index contributed by atoms with van der Waals surface area (Å²) in [5.74, 6) is 0.0304. The first-order valence-corrected chi connectivity index (χ1v) is 5.78. The number of aliphatic hydroxyl groups is 1. The topological polar surface area (TPSA) is 67.6 Å². The summed E-state index contributed by atoms with van der Waals surface area (Å²) in [6.45, 7) is 5.10. The van der Waals surface area contributed by atoms with Crippen molar-refractivity contribution in [3.63, 3.8) is 0 Å². The lowest BCUT2D eigenvalue weighted by atomic mass is 10.1. The second-order valence-electron chi connectivity index (χ2n) is 5.02. The fraction of sp³-hybridized carbons (Fsp3) is 0.833.